The number of rotatable bonds is 5. The summed E-state index contributed by atoms with van der Waals surface area (Å²) in [6.45, 7) is 3.99. The quantitative estimate of drug-likeness (QED) is 0.254. The van der Waals surface area contributed by atoms with Crippen LogP contribution in [0.5, 0.6) is 0 Å². The molecule has 0 radical (unpaired) electrons. The third-order valence-corrected chi connectivity index (χ3v) is 7.37. The molecule has 3 aromatic carbocycles. The fourth-order valence-electron chi connectivity index (χ4n) is 2.86. The number of aryl methyl sites for hydroxylation is 2. The van der Waals surface area contributed by atoms with Crippen LogP contribution in [0.3, 0.4) is 0 Å². The van der Waals surface area contributed by atoms with Gasteiger partial charge in [0, 0.05) is 0 Å². The zero-order chi connectivity index (χ0) is 22.3. The molecular weight excluding hydrogens is 475 g/mol. The molecule has 0 spiro atoms. The Morgan fingerprint density at radius 2 is 1.77 bits per heavy atom. The van der Waals surface area contributed by atoms with Gasteiger partial charge in [0.25, 0.3) is 0 Å². The van der Waals surface area contributed by atoms with Crippen LogP contribution in [0.1, 0.15) is 18.1 Å². The van der Waals surface area contributed by atoms with Gasteiger partial charge in [-0.25, -0.2) is 8.42 Å². The first-order valence-electron chi connectivity index (χ1n) is 9.79. The van der Waals surface area contributed by atoms with E-state index in [1.54, 1.807) is 12.1 Å². The molecule has 0 aliphatic carbocycles. The smallest absolute Gasteiger partial charge is 0.124 e. The van der Waals surface area contributed by atoms with Gasteiger partial charge in [-0.1, -0.05) is 17.7 Å². The summed E-state index contributed by atoms with van der Waals surface area (Å²) in [4.78, 5) is -0.178. The zero-order valence-electron chi connectivity index (χ0n) is 17.4. The monoisotopic (exact) mass is 500 g/mol. The standard InChI is InChI=1S/C17H17N2Se.C7H8O3S/c1-2-14-6-5-7-15(12-14)18-10-11-19-13-20-17-9-4-3-8-16(17)19;1-6-2-4-7(5-3-6)11(8,9)10/h3-13,18H,2H2,1H3;2-5H,1H3,(H,8,9,10)/q+1;/p-1. The Morgan fingerprint density at radius 3 is 2.48 bits per heavy atom. The van der Waals surface area contributed by atoms with Crippen LogP contribution >= 0.6 is 0 Å². The van der Waals surface area contributed by atoms with Crippen molar-refractivity contribution >= 4 is 46.3 Å². The molecule has 7 heteroatoms. The molecule has 0 aliphatic heterocycles. The Kier molecular flexibility index (Phi) is 7.82. The van der Waals surface area contributed by atoms with Gasteiger partial charge < -0.3 is 4.55 Å². The van der Waals surface area contributed by atoms with E-state index in [0.717, 1.165) is 17.7 Å². The summed E-state index contributed by atoms with van der Waals surface area (Å²) >= 11 is 0.447. The van der Waals surface area contributed by atoms with E-state index < -0.39 is 10.1 Å². The first kappa shape index (κ1) is 23.0. The number of hydrogen-bond acceptors (Lipinski definition) is 4. The van der Waals surface area contributed by atoms with E-state index in [-0.39, 0.29) is 4.90 Å². The predicted octanol–water partition coefficient (Wildman–Crippen LogP) is 4.19. The van der Waals surface area contributed by atoms with Crippen molar-refractivity contribution in [1.29, 1.82) is 0 Å². The van der Waals surface area contributed by atoms with Gasteiger partial charge in [0.15, 0.2) is 0 Å². The topological polar surface area (TPSA) is 73.1 Å². The Morgan fingerprint density at radius 1 is 1.03 bits per heavy atom. The van der Waals surface area contributed by atoms with Crippen LogP contribution in [0.25, 0.3) is 16.0 Å². The van der Waals surface area contributed by atoms with Gasteiger partial charge in [-0.15, -0.1) is 0 Å². The number of aromatic nitrogens is 1. The molecule has 1 heterocycles. The molecule has 0 saturated carbocycles. The third kappa shape index (κ3) is 6.64. The molecule has 4 rings (SSSR count). The number of fused-ring (bicyclic) bond motifs is 1. The maximum absolute atomic E-state index is 10.4. The van der Waals surface area contributed by atoms with Crippen molar-refractivity contribution in [1.82, 2.24) is 0 Å². The van der Waals surface area contributed by atoms with Gasteiger partial charge in [-0.3, -0.25) is 0 Å². The summed E-state index contributed by atoms with van der Waals surface area (Å²) < 4.78 is 34.8. The Balaban J connectivity index is 0.000000210. The second-order valence-corrected chi connectivity index (χ2v) is 10.1. The average Bonchev–Trinajstić information content (AvgIpc) is 3.17. The number of nitrogens with zero attached hydrogens (tertiary/aromatic N) is 1. The summed E-state index contributed by atoms with van der Waals surface area (Å²) in [7, 11) is -4.27. The maximum Gasteiger partial charge on any atom is 0.124 e. The van der Waals surface area contributed by atoms with Crippen LogP contribution in [-0.2, 0) is 16.5 Å². The van der Waals surface area contributed by atoms with Crippen LogP contribution < -0.4 is 9.88 Å². The number of hydrogen-bond donors (Lipinski definition) is 1. The van der Waals surface area contributed by atoms with E-state index in [2.05, 4.69) is 76.6 Å². The number of anilines is 1. The molecule has 0 amide bonds. The van der Waals surface area contributed by atoms with Gasteiger partial charge >= 0.3 is 125 Å². The van der Waals surface area contributed by atoms with Crippen molar-refractivity contribution in [2.45, 2.75) is 25.2 Å². The van der Waals surface area contributed by atoms with Crippen molar-refractivity contribution in [3.8, 4) is 0 Å². The summed E-state index contributed by atoms with van der Waals surface area (Å²) in [5, 5.41) is 5.60. The van der Waals surface area contributed by atoms with Crippen molar-refractivity contribution in [2.24, 2.45) is 0 Å². The molecule has 5 nitrogen and oxygen atoms in total. The fourth-order valence-corrected chi connectivity index (χ4v) is 5.13. The van der Waals surface area contributed by atoms with Crippen molar-refractivity contribution < 1.29 is 17.5 Å². The molecule has 0 atom stereocenters. The zero-order valence-corrected chi connectivity index (χ0v) is 19.9. The van der Waals surface area contributed by atoms with Crippen LogP contribution in [-0.4, -0.2) is 27.5 Å². The molecule has 1 N–H and O–H groups in total. The van der Waals surface area contributed by atoms with Crippen molar-refractivity contribution in [3.05, 3.63) is 95.2 Å². The number of para-hydroxylation sites is 1. The van der Waals surface area contributed by atoms with Crippen LogP contribution in [0.15, 0.2) is 89.0 Å². The van der Waals surface area contributed by atoms with Gasteiger partial charge in [-0.2, -0.15) is 0 Å². The maximum atomic E-state index is 10.4. The first-order valence-corrected chi connectivity index (χ1v) is 13.0. The molecule has 0 aliphatic rings. The molecule has 0 saturated heterocycles. The molecule has 160 valence electrons. The van der Waals surface area contributed by atoms with Crippen LogP contribution in [0.2, 0.25) is 0 Å². The predicted molar refractivity (Wildman–Crippen MR) is 125 cm³/mol. The molecule has 31 heavy (non-hydrogen) atoms. The van der Waals surface area contributed by atoms with Crippen molar-refractivity contribution in [2.75, 3.05) is 5.32 Å². The number of nitrogens with one attached hydrogen (secondary N) is 1. The van der Waals surface area contributed by atoms with Crippen LogP contribution in [0.4, 0.5) is 5.69 Å². The summed E-state index contributed by atoms with van der Waals surface area (Å²) in [6, 6.07) is 22.9. The van der Waals surface area contributed by atoms with E-state index in [1.165, 1.54) is 27.5 Å². The van der Waals surface area contributed by atoms with Gasteiger partial charge in [0.05, 0.1) is 4.90 Å². The third-order valence-electron chi connectivity index (χ3n) is 4.57. The minimum atomic E-state index is -4.27. The summed E-state index contributed by atoms with van der Waals surface area (Å²) in [5.41, 5.74) is 4.72. The Hall–Kier alpha value is -2.70. The van der Waals surface area contributed by atoms with Gasteiger partial charge in [-0.05, 0) is 19.1 Å². The average molecular weight is 499 g/mol. The first-order chi connectivity index (χ1) is 14.9. The SMILES string of the molecule is CCc1cccc(NC=C[n+]2c[se]c3ccccc32)c1.Cc1ccc(S(=O)(=O)[O-])cc1. The van der Waals surface area contributed by atoms with E-state index in [9.17, 15) is 13.0 Å². The normalized spacial score (nSPS) is 11.3. The van der Waals surface area contributed by atoms with Crippen molar-refractivity contribution in [3.63, 3.8) is 0 Å². The fraction of sp³-hybridized carbons (Fsp3) is 0.125. The Bertz CT molecular complexity index is 1280. The molecule has 1 aromatic heterocycles. The largest absolute Gasteiger partial charge is 0.744 e. The Labute approximate surface area is 189 Å². The minimum Gasteiger partial charge on any atom is -0.744 e. The van der Waals surface area contributed by atoms with Gasteiger partial charge in [0.1, 0.15) is 10.1 Å². The molecule has 0 bridgehead atoms. The van der Waals surface area contributed by atoms with E-state index in [0.29, 0.717) is 14.5 Å². The molecule has 0 fully saturated rings. The molecular formula is C24H24N2O3SSe. The van der Waals surface area contributed by atoms with E-state index in [4.69, 9.17) is 0 Å². The summed E-state index contributed by atoms with van der Waals surface area (Å²) in [5.74, 6) is 0. The molecule has 0 unspecified atom stereocenters. The summed E-state index contributed by atoms with van der Waals surface area (Å²) in [6.07, 6.45) is 5.16. The van der Waals surface area contributed by atoms with E-state index >= 15 is 0 Å². The van der Waals surface area contributed by atoms with Gasteiger partial charge in [0.2, 0.25) is 0 Å². The number of benzene rings is 3. The van der Waals surface area contributed by atoms with E-state index in [1.807, 2.05) is 13.1 Å². The van der Waals surface area contributed by atoms with Crippen LogP contribution in [0, 0.1) is 6.92 Å². The second-order valence-electron chi connectivity index (χ2n) is 6.88. The second kappa shape index (κ2) is 10.6. The molecule has 4 aromatic rings. The minimum absolute atomic E-state index is 0.178.